The molecule has 0 radical (unpaired) electrons. The molecule has 3 aromatic rings. The molecule has 0 saturated heterocycles. The van der Waals surface area contributed by atoms with Gasteiger partial charge in [0, 0.05) is 61.8 Å². The summed E-state index contributed by atoms with van der Waals surface area (Å²) in [7, 11) is 0. The lowest BCUT2D eigenvalue weighted by molar-refractivity contribution is 0.0947. The molecule has 0 bridgehead atoms. The Morgan fingerprint density at radius 2 is 1.00 bits per heavy atom. The molecule has 0 spiro atoms. The number of amides is 5. The Bertz CT molecular complexity index is 1270. The van der Waals surface area contributed by atoms with E-state index in [1.165, 1.54) is 0 Å². The summed E-state index contributed by atoms with van der Waals surface area (Å²) in [5.74, 6) is -0.287. The third-order valence-electron chi connectivity index (χ3n) is 7.23. The summed E-state index contributed by atoms with van der Waals surface area (Å²) in [5.41, 5.74) is 4.11. The molecule has 0 aromatic heterocycles. The predicted octanol–water partition coefficient (Wildman–Crippen LogP) is 5.00. The van der Waals surface area contributed by atoms with Gasteiger partial charge in [-0.1, -0.05) is 36.4 Å². The number of anilines is 2. The molecular weight excluding hydrogens is 586 g/mol. The number of hydrogen-bond donors (Lipinski definition) is 7. The van der Waals surface area contributed by atoms with Gasteiger partial charge in [0.2, 0.25) is 0 Å². The molecule has 246 valence electrons. The number of aliphatic hydroxyl groups is 2. The molecule has 0 atom stereocenters. The molecule has 0 saturated carbocycles. The highest BCUT2D eigenvalue weighted by atomic mass is 16.3. The van der Waals surface area contributed by atoms with Gasteiger partial charge in [-0.15, -0.1) is 0 Å². The van der Waals surface area contributed by atoms with Crippen molar-refractivity contribution in [1.82, 2.24) is 16.0 Å². The van der Waals surface area contributed by atoms with Gasteiger partial charge in [0.25, 0.3) is 5.91 Å². The molecule has 11 nitrogen and oxygen atoms in total. The predicted molar refractivity (Wildman–Crippen MR) is 179 cm³/mol. The van der Waals surface area contributed by atoms with Gasteiger partial charge in [0.1, 0.15) is 0 Å². The minimum Gasteiger partial charge on any atom is -0.396 e. The molecular formula is C35H45N5O6. The maximum Gasteiger partial charge on any atom is 0.319 e. The first-order valence-corrected chi connectivity index (χ1v) is 15.8. The second kappa shape index (κ2) is 20.3. The Morgan fingerprint density at radius 1 is 0.522 bits per heavy atom. The van der Waals surface area contributed by atoms with E-state index < -0.39 is 0 Å². The van der Waals surface area contributed by atoms with Crippen molar-refractivity contribution in [2.75, 3.05) is 36.9 Å². The van der Waals surface area contributed by atoms with Crippen LogP contribution in [-0.4, -0.2) is 60.3 Å². The number of unbranched alkanes of at least 4 members (excludes halogenated alkanes) is 4. The van der Waals surface area contributed by atoms with E-state index in [2.05, 4.69) is 26.6 Å². The fourth-order valence-electron chi connectivity index (χ4n) is 4.54. The smallest absolute Gasteiger partial charge is 0.319 e. The van der Waals surface area contributed by atoms with Crippen LogP contribution in [0.1, 0.15) is 76.8 Å². The quantitative estimate of drug-likeness (QED) is 0.0726. The highest BCUT2D eigenvalue weighted by Crippen LogP contribution is 2.14. The van der Waals surface area contributed by atoms with E-state index in [-0.39, 0.29) is 37.0 Å². The third kappa shape index (κ3) is 13.5. The summed E-state index contributed by atoms with van der Waals surface area (Å²) in [5, 5.41) is 31.6. The number of nitrogens with one attached hydrogen (secondary N) is 5. The number of benzene rings is 3. The van der Waals surface area contributed by atoms with E-state index >= 15 is 0 Å². The van der Waals surface area contributed by atoms with Gasteiger partial charge in [-0.2, -0.15) is 0 Å². The number of carbonyl (C=O) groups excluding carboxylic acids is 4. The van der Waals surface area contributed by atoms with E-state index in [1.807, 2.05) is 24.3 Å². The van der Waals surface area contributed by atoms with Crippen LogP contribution in [0.15, 0.2) is 72.8 Å². The molecule has 3 rings (SSSR count). The number of aliphatic hydroxyl groups excluding tert-OH is 2. The number of hydrogen-bond acceptors (Lipinski definition) is 6. The monoisotopic (exact) mass is 631 g/mol. The zero-order chi connectivity index (χ0) is 33.0. The number of carbonyl (C=O) groups is 4. The van der Waals surface area contributed by atoms with Crippen molar-refractivity contribution in [2.45, 2.75) is 57.9 Å². The zero-order valence-corrected chi connectivity index (χ0v) is 26.1. The molecule has 0 aliphatic rings. The number of urea groups is 2. The fourth-order valence-corrected chi connectivity index (χ4v) is 4.54. The Balaban J connectivity index is 1.36. The van der Waals surface area contributed by atoms with Crippen molar-refractivity contribution in [3.8, 4) is 0 Å². The molecule has 5 amide bonds. The second-order valence-electron chi connectivity index (χ2n) is 10.9. The topological polar surface area (TPSA) is 169 Å². The van der Waals surface area contributed by atoms with Crippen molar-refractivity contribution in [3.05, 3.63) is 95.1 Å². The lowest BCUT2D eigenvalue weighted by Gasteiger charge is -2.09. The van der Waals surface area contributed by atoms with E-state index in [9.17, 15) is 19.2 Å². The average molecular weight is 632 g/mol. The Kier molecular flexibility index (Phi) is 15.8. The lowest BCUT2D eigenvalue weighted by Crippen LogP contribution is -2.29. The zero-order valence-electron chi connectivity index (χ0n) is 26.1. The minimum atomic E-state index is -0.293. The third-order valence-corrected chi connectivity index (χ3v) is 7.23. The SMILES string of the molecule is O=C(NCCCCCO)Nc1ccc(CCC(=O)c2ccc(C(=O)NCc3ccc(NC(=O)NCCCCCO)cc3)cc2)cc1. The Morgan fingerprint density at radius 3 is 1.50 bits per heavy atom. The molecule has 3 aromatic carbocycles. The molecule has 0 fully saturated rings. The minimum absolute atomic E-state index is 0.0289. The van der Waals surface area contributed by atoms with Crippen LogP contribution in [0, 0.1) is 0 Å². The first-order valence-electron chi connectivity index (χ1n) is 15.8. The van der Waals surface area contributed by atoms with Crippen molar-refractivity contribution < 1.29 is 29.4 Å². The van der Waals surface area contributed by atoms with Gasteiger partial charge in [-0.05, 0) is 92.5 Å². The van der Waals surface area contributed by atoms with Crippen molar-refractivity contribution >= 4 is 35.1 Å². The van der Waals surface area contributed by atoms with E-state index in [4.69, 9.17) is 10.2 Å². The van der Waals surface area contributed by atoms with Crippen LogP contribution in [0.3, 0.4) is 0 Å². The normalized spacial score (nSPS) is 10.6. The summed E-state index contributed by atoms with van der Waals surface area (Å²) in [6.07, 6.45) is 5.63. The number of Topliss-reactive ketones (excluding diaryl/α,β-unsaturated/α-hetero) is 1. The lowest BCUT2D eigenvalue weighted by atomic mass is 10.0. The summed E-state index contributed by atoms with van der Waals surface area (Å²) in [4.78, 5) is 49.4. The fraction of sp³-hybridized carbons (Fsp3) is 0.371. The van der Waals surface area contributed by atoms with Crippen LogP contribution < -0.4 is 26.6 Å². The van der Waals surface area contributed by atoms with Crippen LogP contribution >= 0.6 is 0 Å². The highest BCUT2D eigenvalue weighted by Gasteiger charge is 2.10. The summed E-state index contributed by atoms with van der Waals surface area (Å²) in [6.45, 7) is 1.70. The van der Waals surface area contributed by atoms with Crippen molar-refractivity contribution in [1.29, 1.82) is 0 Å². The molecule has 0 aliphatic carbocycles. The number of aryl methyl sites for hydroxylation is 1. The van der Waals surface area contributed by atoms with Gasteiger partial charge < -0.3 is 36.8 Å². The van der Waals surface area contributed by atoms with E-state index in [0.29, 0.717) is 55.0 Å². The molecule has 0 heterocycles. The average Bonchev–Trinajstić information content (AvgIpc) is 3.07. The largest absolute Gasteiger partial charge is 0.396 e. The Hall–Kier alpha value is -4.74. The number of rotatable bonds is 19. The standard InChI is InChI=1S/C35H45N5O6/c41-23-5-1-3-21-36-34(45)39-30-16-7-26(8-17-30)11-20-32(43)28-12-14-29(15-13-28)33(44)38-25-27-9-18-31(19-10-27)40-35(46)37-22-4-2-6-24-42/h7-10,12-19,41-42H,1-6,11,20-25H2,(H,38,44)(H2,36,39,45)(H2,37,40,46). The summed E-state index contributed by atoms with van der Waals surface area (Å²) in [6, 6.07) is 20.5. The first-order chi connectivity index (χ1) is 22.4. The van der Waals surface area contributed by atoms with Crippen molar-refractivity contribution in [3.63, 3.8) is 0 Å². The van der Waals surface area contributed by atoms with Gasteiger partial charge >= 0.3 is 12.1 Å². The van der Waals surface area contributed by atoms with E-state index in [0.717, 1.165) is 49.7 Å². The highest BCUT2D eigenvalue weighted by molar-refractivity contribution is 5.99. The van der Waals surface area contributed by atoms with Crippen LogP contribution in [0.5, 0.6) is 0 Å². The first kappa shape index (κ1) is 35.7. The molecule has 0 unspecified atom stereocenters. The summed E-state index contributed by atoms with van der Waals surface area (Å²) >= 11 is 0. The maximum atomic E-state index is 12.8. The Labute approximate surface area is 270 Å². The van der Waals surface area contributed by atoms with Crippen LogP contribution in [0.2, 0.25) is 0 Å². The van der Waals surface area contributed by atoms with Crippen LogP contribution in [0.4, 0.5) is 21.0 Å². The molecule has 11 heteroatoms. The van der Waals surface area contributed by atoms with Gasteiger partial charge in [0.15, 0.2) is 5.78 Å². The van der Waals surface area contributed by atoms with E-state index in [1.54, 1.807) is 48.5 Å². The van der Waals surface area contributed by atoms with Crippen LogP contribution in [-0.2, 0) is 13.0 Å². The molecule has 46 heavy (non-hydrogen) atoms. The molecule has 0 aliphatic heterocycles. The second-order valence-corrected chi connectivity index (χ2v) is 10.9. The van der Waals surface area contributed by atoms with Gasteiger partial charge in [-0.25, -0.2) is 9.59 Å². The molecule has 7 N–H and O–H groups in total. The van der Waals surface area contributed by atoms with Gasteiger partial charge in [-0.3, -0.25) is 9.59 Å². The maximum absolute atomic E-state index is 12.8. The van der Waals surface area contributed by atoms with Crippen LogP contribution in [0.25, 0.3) is 0 Å². The number of ketones is 1. The van der Waals surface area contributed by atoms with Gasteiger partial charge in [0.05, 0.1) is 0 Å². The summed E-state index contributed by atoms with van der Waals surface area (Å²) < 4.78 is 0. The van der Waals surface area contributed by atoms with Crippen molar-refractivity contribution in [2.24, 2.45) is 0 Å².